The Morgan fingerprint density at radius 2 is 2.28 bits per heavy atom. The summed E-state index contributed by atoms with van der Waals surface area (Å²) in [5, 5.41) is 11.1. The molecule has 0 aromatic carbocycles. The van der Waals surface area contributed by atoms with Crippen LogP contribution in [0.3, 0.4) is 0 Å². The van der Waals surface area contributed by atoms with E-state index < -0.39 is 0 Å². The van der Waals surface area contributed by atoms with Gasteiger partial charge in [-0.2, -0.15) is 5.10 Å². The highest BCUT2D eigenvalue weighted by Gasteiger charge is 2.24. The summed E-state index contributed by atoms with van der Waals surface area (Å²) in [6, 6.07) is 1.67. The molecule has 0 fully saturated rings. The van der Waals surface area contributed by atoms with E-state index in [0.29, 0.717) is 5.69 Å². The number of nitrogens with one attached hydrogen (secondary N) is 1. The van der Waals surface area contributed by atoms with E-state index in [1.54, 1.807) is 16.9 Å². The Balaban J connectivity index is 1.44. The van der Waals surface area contributed by atoms with Crippen LogP contribution >= 0.6 is 0 Å². The summed E-state index contributed by atoms with van der Waals surface area (Å²) in [4.78, 5) is 21.1. The summed E-state index contributed by atoms with van der Waals surface area (Å²) >= 11 is 0. The predicted octanol–water partition coefficient (Wildman–Crippen LogP) is 1.46. The topological polar surface area (TPSA) is 98.7 Å². The van der Waals surface area contributed by atoms with Gasteiger partial charge in [-0.15, -0.1) is 0 Å². The number of carbonyl (C=O) groups excluding carboxylic acids is 1. The van der Waals surface area contributed by atoms with Crippen LogP contribution in [0.2, 0.25) is 0 Å². The number of rotatable bonds is 3. The van der Waals surface area contributed by atoms with Crippen molar-refractivity contribution in [1.82, 2.24) is 30.2 Å². The van der Waals surface area contributed by atoms with Gasteiger partial charge < -0.3 is 9.84 Å². The summed E-state index contributed by atoms with van der Waals surface area (Å²) in [6.45, 7) is 1.89. The average molecular weight is 338 g/mol. The molecule has 0 saturated carbocycles. The van der Waals surface area contributed by atoms with E-state index in [4.69, 9.17) is 4.52 Å². The molecule has 3 aromatic heterocycles. The molecule has 1 aliphatic rings. The molecular weight excluding hydrogens is 320 g/mol. The standard InChI is InChI=1S/C17H18N6O2/c1-10-18-7-11-5-13(3-4-14(11)20-10)21-17(24)16-6-15(22-25-16)12-8-19-23(2)9-12/h6-9,13H,3-5H2,1-2H3,(H,21,24). The van der Waals surface area contributed by atoms with Crippen LogP contribution in [0.5, 0.6) is 0 Å². The number of amides is 1. The van der Waals surface area contributed by atoms with Crippen LogP contribution in [0.1, 0.15) is 34.1 Å². The van der Waals surface area contributed by atoms with Crippen molar-refractivity contribution < 1.29 is 9.32 Å². The van der Waals surface area contributed by atoms with Crippen molar-refractivity contribution >= 4 is 5.91 Å². The maximum atomic E-state index is 12.4. The normalized spacial score (nSPS) is 16.5. The van der Waals surface area contributed by atoms with Gasteiger partial charge in [-0.25, -0.2) is 9.97 Å². The van der Waals surface area contributed by atoms with Gasteiger partial charge in [0.2, 0.25) is 5.76 Å². The van der Waals surface area contributed by atoms with E-state index >= 15 is 0 Å². The first-order chi connectivity index (χ1) is 12.1. The second-order valence-electron chi connectivity index (χ2n) is 6.28. The third-order valence-corrected chi connectivity index (χ3v) is 4.34. The molecule has 128 valence electrons. The zero-order valence-electron chi connectivity index (χ0n) is 14.1. The second kappa shape index (κ2) is 6.12. The van der Waals surface area contributed by atoms with E-state index in [1.807, 2.05) is 26.4 Å². The largest absolute Gasteiger partial charge is 0.350 e. The first kappa shape index (κ1) is 15.5. The molecule has 1 unspecified atom stereocenters. The summed E-state index contributed by atoms with van der Waals surface area (Å²) in [7, 11) is 1.82. The van der Waals surface area contributed by atoms with Crippen LogP contribution < -0.4 is 5.32 Å². The van der Waals surface area contributed by atoms with Crippen molar-refractivity contribution in [2.75, 3.05) is 0 Å². The van der Waals surface area contributed by atoms with Crippen LogP contribution in [0.4, 0.5) is 0 Å². The van der Waals surface area contributed by atoms with Crippen LogP contribution in [0.25, 0.3) is 11.3 Å². The van der Waals surface area contributed by atoms with Gasteiger partial charge in [0.1, 0.15) is 11.5 Å². The summed E-state index contributed by atoms with van der Waals surface area (Å²) in [6.07, 6.45) is 7.76. The predicted molar refractivity (Wildman–Crippen MR) is 88.8 cm³/mol. The summed E-state index contributed by atoms with van der Waals surface area (Å²) in [5.74, 6) is 0.722. The lowest BCUT2D eigenvalue weighted by Gasteiger charge is -2.24. The molecule has 0 saturated heterocycles. The van der Waals surface area contributed by atoms with E-state index in [9.17, 15) is 4.79 Å². The number of aromatic nitrogens is 5. The molecule has 8 nitrogen and oxygen atoms in total. The molecule has 1 N–H and O–H groups in total. The van der Waals surface area contributed by atoms with E-state index in [1.165, 1.54) is 0 Å². The first-order valence-corrected chi connectivity index (χ1v) is 8.16. The quantitative estimate of drug-likeness (QED) is 0.776. The molecule has 0 spiro atoms. The smallest absolute Gasteiger partial charge is 0.290 e. The zero-order chi connectivity index (χ0) is 17.4. The molecule has 0 aliphatic heterocycles. The maximum absolute atomic E-state index is 12.4. The Morgan fingerprint density at radius 1 is 1.40 bits per heavy atom. The number of carbonyl (C=O) groups is 1. The van der Waals surface area contributed by atoms with Gasteiger partial charge in [0.15, 0.2) is 0 Å². The second-order valence-corrected chi connectivity index (χ2v) is 6.28. The molecule has 4 rings (SSSR count). The van der Waals surface area contributed by atoms with Crippen molar-refractivity contribution in [1.29, 1.82) is 0 Å². The van der Waals surface area contributed by atoms with Crippen molar-refractivity contribution in [3.8, 4) is 11.3 Å². The van der Waals surface area contributed by atoms with Crippen molar-refractivity contribution in [2.24, 2.45) is 7.05 Å². The molecule has 1 aliphatic carbocycles. The molecule has 0 radical (unpaired) electrons. The Morgan fingerprint density at radius 3 is 3.08 bits per heavy atom. The lowest BCUT2D eigenvalue weighted by atomic mass is 9.92. The minimum Gasteiger partial charge on any atom is -0.350 e. The molecule has 3 aromatic rings. The Hall–Kier alpha value is -3.03. The SMILES string of the molecule is Cc1ncc2c(n1)CCC(NC(=O)c1cc(-c3cnn(C)c3)no1)C2. The Bertz CT molecular complexity index is 929. The third-order valence-electron chi connectivity index (χ3n) is 4.34. The van der Waals surface area contributed by atoms with E-state index in [-0.39, 0.29) is 17.7 Å². The van der Waals surface area contributed by atoms with Gasteiger partial charge in [0, 0.05) is 42.8 Å². The molecule has 25 heavy (non-hydrogen) atoms. The minimum atomic E-state index is -0.260. The van der Waals surface area contributed by atoms with Gasteiger partial charge in [0.05, 0.1) is 6.20 Å². The van der Waals surface area contributed by atoms with E-state index in [2.05, 4.69) is 25.5 Å². The minimum absolute atomic E-state index is 0.0400. The van der Waals surface area contributed by atoms with Crippen LogP contribution in [-0.4, -0.2) is 36.9 Å². The van der Waals surface area contributed by atoms with E-state index in [0.717, 1.165) is 41.9 Å². The number of fused-ring (bicyclic) bond motifs is 1. The van der Waals surface area contributed by atoms with Gasteiger partial charge in [0.25, 0.3) is 5.91 Å². The highest BCUT2D eigenvalue weighted by molar-refractivity contribution is 5.92. The lowest BCUT2D eigenvalue weighted by Crippen LogP contribution is -2.39. The first-order valence-electron chi connectivity index (χ1n) is 8.16. The Labute approximate surface area is 144 Å². The van der Waals surface area contributed by atoms with Crippen molar-refractivity contribution in [3.63, 3.8) is 0 Å². The third kappa shape index (κ3) is 3.15. The molecule has 8 heteroatoms. The monoisotopic (exact) mass is 338 g/mol. The summed E-state index contributed by atoms with van der Waals surface area (Å²) < 4.78 is 6.87. The van der Waals surface area contributed by atoms with Gasteiger partial charge >= 0.3 is 0 Å². The van der Waals surface area contributed by atoms with Crippen LogP contribution in [-0.2, 0) is 19.9 Å². The molecule has 0 bridgehead atoms. The summed E-state index contributed by atoms with van der Waals surface area (Å²) in [5.41, 5.74) is 3.58. The fourth-order valence-corrected chi connectivity index (χ4v) is 3.06. The number of hydrogen-bond acceptors (Lipinski definition) is 6. The highest BCUT2D eigenvalue weighted by Crippen LogP contribution is 2.21. The van der Waals surface area contributed by atoms with Gasteiger partial charge in [-0.05, 0) is 31.7 Å². The van der Waals surface area contributed by atoms with Gasteiger partial charge in [-0.3, -0.25) is 9.48 Å². The lowest BCUT2D eigenvalue weighted by molar-refractivity contribution is 0.0896. The fraction of sp³-hybridized carbons (Fsp3) is 0.353. The molecule has 1 atom stereocenters. The number of nitrogens with zero attached hydrogens (tertiary/aromatic N) is 5. The average Bonchev–Trinajstić information content (AvgIpc) is 3.24. The number of hydrogen-bond donors (Lipinski definition) is 1. The van der Waals surface area contributed by atoms with Gasteiger partial charge in [-0.1, -0.05) is 5.16 Å². The zero-order valence-corrected chi connectivity index (χ0v) is 14.1. The fourth-order valence-electron chi connectivity index (χ4n) is 3.06. The number of aryl methyl sites for hydroxylation is 3. The highest BCUT2D eigenvalue weighted by atomic mass is 16.5. The molecule has 1 amide bonds. The maximum Gasteiger partial charge on any atom is 0.290 e. The van der Waals surface area contributed by atoms with Crippen LogP contribution in [0.15, 0.2) is 29.2 Å². The Kier molecular flexibility index (Phi) is 3.79. The van der Waals surface area contributed by atoms with Crippen molar-refractivity contribution in [3.05, 3.63) is 47.5 Å². The van der Waals surface area contributed by atoms with Crippen molar-refractivity contribution in [2.45, 2.75) is 32.2 Å². The molecular formula is C17H18N6O2. The molecule has 3 heterocycles. The van der Waals surface area contributed by atoms with Crippen LogP contribution in [0, 0.1) is 6.92 Å².